The Labute approximate surface area is 152 Å². The van der Waals surface area contributed by atoms with Crippen LogP contribution in [-0.4, -0.2) is 93.0 Å². The molecule has 0 aromatic rings. The van der Waals surface area contributed by atoms with E-state index < -0.39 is 24.6 Å². The van der Waals surface area contributed by atoms with Gasteiger partial charge in [0, 0.05) is 0 Å². The van der Waals surface area contributed by atoms with E-state index in [0.717, 1.165) is 0 Å². The number of hydrogen-bond acceptors (Lipinski definition) is 6. The molecule has 14 heteroatoms. The molecule has 0 unspecified atom stereocenters. The Morgan fingerprint density at radius 1 is 0.667 bits per heavy atom. The Bertz CT molecular complexity index is 170. The molecule has 0 aliphatic heterocycles. The van der Waals surface area contributed by atoms with Crippen LogP contribution in [0.15, 0.2) is 0 Å². The average molecular weight is 310 g/mol. The van der Waals surface area contributed by atoms with E-state index in [4.69, 9.17) is 60.0 Å². The summed E-state index contributed by atoms with van der Waals surface area (Å²) in [5, 5.41) is 58.5. The molecule has 0 amide bonds. The van der Waals surface area contributed by atoms with Gasteiger partial charge >= 0.3 is 79.6 Å². The summed E-state index contributed by atoms with van der Waals surface area (Å²) in [4.78, 5) is 34.0. The van der Waals surface area contributed by atoms with Crippen LogP contribution >= 0.6 is 0 Å². The normalized spacial score (nSPS) is 5.33. The minimum Gasteiger partial charge on any atom is -1.00 e. The molecule has 0 aliphatic carbocycles. The predicted molar refractivity (Wildman–Crippen MR) is 44.2 cm³/mol. The maximum atomic E-state index is 8.56. The number of carboxylic acid groups (broad SMARTS) is 8. The van der Waals surface area contributed by atoms with Crippen molar-refractivity contribution >= 4 is 62.4 Å². The zero-order valence-electron chi connectivity index (χ0n) is 9.84. The van der Waals surface area contributed by atoms with Crippen LogP contribution in [0.4, 0.5) is 19.2 Å². The van der Waals surface area contributed by atoms with E-state index in [9.17, 15) is 0 Å². The fourth-order valence-corrected chi connectivity index (χ4v) is 0. The van der Waals surface area contributed by atoms with E-state index in [2.05, 4.69) is 0 Å². The monoisotopic (exact) mass is 310 g/mol. The molecule has 0 heterocycles. The van der Waals surface area contributed by atoms with E-state index >= 15 is 0 Å². The van der Waals surface area contributed by atoms with Gasteiger partial charge in [0.2, 0.25) is 12.3 Å². The van der Waals surface area contributed by atoms with Gasteiger partial charge in [0.25, 0.3) is 0 Å². The molecule has 0 saturated carbocycles. The fourth-order valence-electron chi connectivity index (χ4n) is 0. The first-order valence-electron chi connectivity index (χ1n) is 2.57. The topological polar surface area (TPSA) is 236 Å². The zero-order valence-corrected chi connectivity index (χ0v) is 13.0. The molecule has 0 spiro atoms. The summed E-state index contributed by atoms with van der Waals surface area (Å²) in [6.45, 7) is 0. The Hall–Kier alpha value is -0.660. The Morgan fingerprint density at radius 3 is 0.667 bits per heavy atom. The molecule has 12 nitrogen and oxygen atoms in total. The van der Waals surface area contributed by atoms with Gasteiger partial charge in [0.15, 0.2) is 0 Å². The molecule has 18 heavy (non-hydrogen) atoms. The van der Waals surface area contributed by atoms with Gasteiger partial charge < -0.3 is 51.9 Å². The van der Waals surface area contributed by atoms with Crippen molar-refractivity contribution in [1.29, 1.82) is 0 Å². The van der Waals surface area contributed by atoms with Crippen LogP contribution in [0, 0.1) is 0 Å². The van der Waals surface area contributed by atoms with Crippen molar-refractivity contribution in [3.05, 3.63) is 0 Å². The van der Waals surface area contributed by atoms with Gasteiger partial charge in [-0.15, -0.1) is 0 Å². The standard InChI is InChI=1S/4CH2O3.Ca.Na.H/c4*2-1(3)4;;;/h4*(H2,2,3,4);;;/q;;;;+2;+1;-1/p-2. The molecule has 0 atom stereocenters. The Kier molecular flexibility index (Phi) is 59.8. The molecule has 0 saturated heterocycles. The summed E-state index contributed by atoms with van der Waals surface area (Å²) in [5.41, 5.74) is 0. The van der Waals surface area contributed by atoms with Crippen LogP contribution in [-0.2, 0) is 0 Å². The van der Waals surface area contributed by atoms with Gasteiger partial charge in [0.05, 0.1) is 0 Å². The molecule has 0 fully saturated rings. The summed E-state index contributed by atoms with van der Waals surface area (Å²) in [5.74, 6) is 0. The number of hydrogen-bond donors (Lipinski definition) is 6. The molecule has 0 aromatic heterocycles. The van der Waals surface area contributed by atoms with Crippen LogP contribution < -0.4 is 39.8 Å². The Balaban J connectivity index is -0.0000000192. The minimum absolute atomic E-state index is 0. The molecule has 6 N–H and O–H groups in total. The summed E-state index contributed by atoms with van der Waals surface area (Å²) in [7, 11) is 0. The second-order valence-electron chi connectivity index (χ2n) is 1.10. The van der Waals surface area contributed by atoms with Crippen LogP contribution in [0.3, 0.4) is 0 Å². The molecular formula is C4H7CaNaO12. The average Bonchev–Trinajstić information content (AvgIpc) is 1.76. The summed E-state index contributed by atoms with van der Waals surface area (Å²) < 4.78 is 0. The van der Waals surface area contributed by atoms with Crippen LogP contribution in [0.5, 0.6) is 0 Å². The second-order valence-corrected chi connectivity index (χ2v) is 1.10. The third-order valence-corrected chi connectivity index (χ3v) is 0. The SMILES string of the molecule is O=C(O)O.O=C(O)O.O=C([O-])O.O=C([O-])O.[Ca+2].[H-].[Na+]. The van der Waals surface area contributed by atoms with Crippen LogP contribution in [0.2, 0.25) is 0 Å². The van der Waals surface area contributed by atoms with Gasteiger partial charge in [-0.3, -0.25) is 0 Å². The van der Waals surface area contributed by atoms with Crippen molar-refractivity contribution in [2.24, 2.45) is 0 Å². The van der Waals surface area contributed by atoms with Crippen molar-refractivity contribution in [2.45, 2.75) is 0 Å². The van der Waals surface area contributed by atoms with E-state index in [0.29, 0.717) is 0 Å². The summed E-state index contributed by atoms with van der Waals surface area (Å²) in [6, 6.07) is 0. The van der Waals surface area contributed by atoms with Crippen molar-refractivity contribution in [2.75, 3.05) is 0 Å². The van der Waals surface area contributed by atoms with Crippen LogP contribution in [0.25, 0.3) is 0 Å². The maximum absolute atomic E-state index is 8.56. The second kappa shape index (κ2) is 29.9. The van der Waals surface area contributed by atoms with E-state index in [1.165, 1.54) is 0 Å². The van der Waals surface area contributed by atoms with Crippen LogP contribution in [0.1, 0.15) is 1.43 Å². The third kappa shape index (κ3) is 7240. The molecule has 0 rings (SSSR count). The quantitative estimate of drug-likeness (QED) is 0.230. The molecular weight excluding hydrogens is 303 g/mol. The predicted octanol–water partition coefficient (Wildman–Crippen LogP) is -5.04. The first-order valence-corrected chi connectivity index (χ1v) is 2.57. The summed E-state index contributed by atoms with van der Waals surface area (Å²) >= 11 is 0. The Morgan fingerprint density at radius 2 is 0.667 bits per heavy atom. The van der Waals surface area contributed by atoms with Crippen molar-refractivity contribution in [3.8, 4) is 0 Å². The van der Waals surface area contributed by atoms with Gasteiger partial charge in [-0.2, -0.15) is 0 Å². The molecule has 0 radical (unpaired) electrons. The van der Waals surface area contributed by atoms with E-state index in [1.807, 2.05) is 0 Å². The third-order valence-electron chi connectivity index (χ3n) is 0. The van der Waals surface area contributed by atoms with Crippen molar-refractivity contribution in [1.82, 2.24) is 0 Å². The number of carbonyl (C=O) groups is 4. The zero-order chi connectivity index (χ0) is 14.3. The maximum Gasteiger partial charge on any atom is 2.00 e. The van der Waals surface area contributed by atoms with Crippen molar-refractivity contribution < 1.29 is 91.0 Å². The minimum atomic E-state index is -2.08. The fraction of sp³-hybridized carbons (Fsp3) is 0. The molecule has 98 valence electrons. The van der Waals surface area contributed by atoms with E-state index in [1.54, 1.807) is 0 Å². The largest absolute Gasteiger partial charge is 2.00 e. The van der Waals surface area contributed by atoms with Gasteiger partial charge in [0.1, 0.15) is 0 Å². The van der Waals surface area contributed by atoms with Crippen molar-refractivity contribution in [3.63, 3.8) is 0 Å². The van der Waals surface area contributed by atoms with Gasteiger partial charge in [-0.25, -0.2) is 9.59 Å². The van der Waals surface area contributed by atoms with Gasteiger partial charge in [-0.1, -0.05) is 0 Å². The summed E-state index contributed by atoms with van der Waals surface area (Å²) in [6.07, 6.45) is -7.83. The first kappa shape index (κ1) is 36.0. The smallest absolute Gasteiger partial charge is 1.00 e. The first-order chi connectivity index (χ1) is 6.93. The molecule has 0 aliphatic rings. The molecule has 0 aromatic carbocycles. The van der Waals surface area contributed by atoms with Gasteiger partial charge in [-0.05, 0) is 0 Å². The number of rotatable bonds is 0. The molecule has 0 bridgehead atoms. The van der Waals surface area contributed by atoms with E-state index in [-0.39, 0.29) is 68.7 Å².